The van der Waals surface area contributed by atoms with Crippen LogP contribution in [0.2, 0.25) is 0 Å². The minimum Gasteiger partial charge on any atom is -0.392 e. The first-order valence-electron chi connectivity index (χ1n) is 6.13. The summed E-state index contributed by atoms with van der Waals surface area (Å²) in [5.41, 5.74) is 5.56. The highest BCUT2D eigenvalue weighted by Gasteiger charge is 2.48. The van der Waals surface area contributed by atoms with E-state index < -0.39 is 6.04 Å². The van der Waals surface area contributed by atoms with Gasteiger partial charge in [-0.3, -0.25) is 4.79 Å². The summed E-state index contributed by atoms with van der Waals surface area (Å²) >= 11 is 0. The van der Waals surface area contributed by atoms with Gasteiger partial charge in [0.1, 0.15) is 0 Å². The van der Waals surface area contributed by atoms with Gasteiger partial charge in [-0.15, -0.1) is 0 Å². The Morgan fingerprint density at radius 1 is 1.62 bits per heavy atom. The van der Waals surface area contributed by atoms with Gasteiger partial charge < -0.3 is 16.2 Å². The Hall–Kier alpha value is -0.610. The third-order valence-corrected chi connectivity index (χ3v) is 3.74. The van der Waals surface area contributed by atoms with Gasteiger partial charge >= 0.3 is 0 Å². The minimum absolute atomic E-state index is 0.0580. The average Bonchev–Trinajstić information content (AvgIpc) is 2.25. The van der Waals surface area contributed by atoms with E-state index in [1.54, 1.807) is 0 Å². The fourth-order valence-electron chi connectivity index (χ4n) is 1.98. The van der Waals surface area contributed by atoms with Crippen LogP contribution in [0.25, 0.3) is 0 Å². The number of amides is 1. The molecular formula is C12H24N2O2. The van der Waals surface area contributed by atoms with Crippen molar-refractivity contribution in [2.24, 2.45) is 11.1 Å². The highest BCUT2D eigenvalue weighted by Crippen LogP contribution is 2.40. The maximum Gasteiger partial charge on any atom is 0.237 e. The summed E-state index contributed by atoms with van der Waals surface area (Å²) in [4.78, 5) is 11.7. The van der Waals surface area contributed by atoms with Crippen molar-refractivity contribution in [3.05, 3.63) is 0 Å². The summed E-state index contributed by atoms with van der Waals surface area (Å²) in [6.45, 7) is 6.00. The van der Waals surface area contributed by atoms with Crippen LogP contribution in [0.4, 0.5) is 0 Å². The molecule has 0 radical (unpaired) electrons. The van der Waals surface area contributed by atoms with Crippen molar-refractivity contribution < 1.29 is 9.90 Å². The van der Waals surface area contributed by atoms with Crippen LogP contribution in [0, 0.1) is 5.41 Å². The molecular weight excluding hydrogens is 204 g/mol. The molecule has 94 valence electrons. The molecule has 0 spiro atoms. The van der Waals surface area contributed by atoms with Crippen molar-refractivity contribution in [3.8, 4) is 0 Å². The molecule has 1 aliphatic carbocycles. The first-order valence-corrected chi connectivity index (χ1v) is 6.13. The second-order valence-corrected chi connectivity index (χ2v) is 5.38. The molecule has 16 heavy (non-hydrogen) atoms. The van der Waals surface area contributed by atoms with Gasteiger partial charge in [0.15, 0.2) is 0 Å². The summed E-state index contributed by atoms with van der Waals surface area (Å²) in [6.07, 6.45) is 3.08. The van der Waals surface area contributed by atoms with Crippen LogP contribution in [0.15, 0.2) is 0 Å². The van der Waals surface area contributed by atoms with Crippen LogP contribution in [-0.4, -0.2) is 29.2 Å². The van der Waals surface area contributed by atoms with Crippen LogP contribution < -0.4 is 11.1 Å². The molecule has 1 saturated carbocycles. The zero-order chi connectivity index (χ0) is 12.3. The number of carbonyl (C=O) groups is 1. The topological polar surface area (TPSA) is 75.4 Å². The Labute approximate surface area is 97.6 Å². The molecule has 4 nitrogen and oxygen atoms in total. The Bertz CT molecular complexity index is 253. The van der Waals surface area contributed by atoms with Crippen molar-refractivity contribution in [3.63, 3.8) is 0 Å². The predicted molar refractivity (Wildman–Crippen MR) is 63.8 cm³/mol. The van der Waals surface area contributed by atoms with Gasteiger partial charge in [0, 0.05) is 11.5 Å². The zero-order valence-electron chi connectivity index (χ0n) is 10.5. The number of nitrogens with two attached hydrogens (primary N) is 1. The Kier molecular flexibility index (Phi) is 4.33. The molecule has 1 amide bonds. The van der Waals surface area contributed by atoms with Gasteiger partial charge in [-0.25, -0.2) is 0 Å². The number of hydrogen-bond acceptors (Lipinski definition) is 3. The van der Waals surface area contributed by atoms with Crippen molar-refractivity contribution in [1.29, 1.82) is 0 Å². The first-order chi connectivity index (χ1) is 7.39. The summed E-state index contributed by atoms with van der Waals surface area (Å²) < 4.78 is 0. The maximum absolute atomic E-state index is 11.7. The molecule has 0 saturated heterocycles. The molecule has 0 heterocycles. The molecule has 0 aromatic carbocycles. The van der Waals surface area contributed by atoms with Gasteiger partial charge in [-0.05, 0) is 12.8 Å². The lowest BCUT2D eigenvalue weighted by molar-refractivity contribution is -0.130. The fraction of sp³-hybridized carbons (Fsp3) is 0.917. The van der Waals surface area contributed by atoms with Crippen LogP contribution in [0.1, 0.15) is 46.5 Å². The number of rotatable bonds is 5. The standard InChI is InChI=1S/C12H24N2O2/c1-4-5-6-8(13)11(16)14-9-7-10(15)12(9,2)3/h8-10,15H,4-7,13H2,1-3H3,(H,14,16)/t8-,9?,10?/m0/s1. The largest absolute Gasteiger partial charge is 0.392 e. The molecule has 0 bridgehead atoms. The van der Waals surface area contributed by atoms with Crippen LogP contribution >= 0.6 is 0 Å². The number of aliphatic hydroxyl groups excluding tert-OH is 1. The lowest BCUT2D eigenvalue weighted by atomic mass is 9.64. The second-order valence-electron chi connectivity index (χ2n) is 5.38. The lowest BCUT2D eigenvalue weighted by Crippen LogP contribution is -2.62. The Morgan fingerprint density at radius 3 is 2.69 bits per heavy atom. The van der Waals surface area contributed by atoms with E-state index in [4.69, 9.17) is 5.73 Å². The zero-order valence-corrected chi connectivity index (χ0v) is 10.5. The van der Waals surface area contributed by atoms with Crippen molar-refractivity contribution in [2.45, 2.75) is 64.6 Å². The highest BCUT2D eigenvalue weighted by molar-refractivity contribution is 5.81. The van der Waals surface area contributed by atoms with Gasteiger partial charge in [-0.1, -0.05) is 33.6 Å². The number of unbranched alkanes of at least 4 members (excludes halogenated alkanes) is 1. The second kappa shape index (κ2) is 5.15. The molecule has 0 aromatic heterocycles. The van der Waals surface area contributed by atoms with Crippen LogP contribution in [0.5, 0.6) is 0 Å². The number of aliphatic hydroxyl groups is 1. The van der Waals surface area contributed by atoms with E-state index >= 15 is 0 Å². The van der Waals surface area contributed by atoms with Gasteiger partial charge in [0.25, 0.3) is 0 Å². The van der Waals surface area contributed by atoms with Gasteiger partial charge in [0.05, 0.1) is 12.1 Å². The van der Waals surface area contributed by atoms with Crippen LogP contribution in [0.3, 0.4) is 0 Å². The first kappa shape index (κ1) is 13.5. The number of hydrogen-bond donors (Lipinski definition) is 3. The molecule has 1 aliphatic rings. The molecule has 4 N–H and O–H groups in total. The molecule has 1 fully saturated rings. The average molecular weight is 228 g/mol. The predicted octanol–water partition coefficient (Wildman–Crippen LogP) is 0.779. The van der Waals surface area contributed by atoms with Crippen LogP contribution in [-0.2, 0) is 4.79 Å². The fourth-order valence-corrected chi connectivity index (χ4v) is 1.98. The SMILES string of the molecule is CCCC[C@H](N)C(=O)NC1CC(O)C1(C)C. The quantitative estimate of drug-likeness (QED) is 0.651. The summed E-state index contributed by atoms with van der Waals surface area (Å²) in [5.74, 6) is -0.0848. The molecule has 0 aromatic rings. The molecule has 4 heteroatoms. The normalized spacial score (nSPS) is 29.3. The third kappa shape index (κ3) is 2.74. The summed E-state index contributed by atoms with van der Waals surface area (Å²) in [6, 6.07) is -0.351. The van der Waals surface area contributed by atoms with Gasteiger partial charge in [-0.2, -0.15) is 0 Å². The summed E-state index contributed by atoms with van der Waals surface area (Å²) in [7, 11) is 0. The van der Waals surface area contributed by atoms with Crippen molar-refractivity contribution in [1.82, 2.24) is 5.32 Å². The molecule has 0 aliphatic heterocycles. The van der Waals surface area contributed by atoms with E-state index in [0.717, 1.165) is 19.3 Å². The minimum atomic E-state index is -0.409. The lowest BCUT2D eigenvalue weighted by Gasteiger charge is -2.49. The number of nitrogens with one attached hydrogen (secondary N) is 1. The molecule has 2 unspecified atom stereocenters. The van der Waals surface area contributed by atoms with E-state index in [1.807, 2.05) is 13.8 Å². The monoisotopic (exact) mass is 228 g/mol. The van der Waals surface area contributed by atoms with E-state index in [0.29, 0.717) is 6.42 Å². The maximum atomic E-state index is 11.7. The van der Waals surface area contributed by atoms with E-state index in [9.17, 15) is 9.90 Å². The third-order valence-electron chi connectivity index (χ3n) is 3.74. The summed E-state index contributed by atoms with van der Waals surface area (Å²) in [5, 5.41) is 12.5. The van der Waals surface area contributed by atoms with Crippen molar-refractivity contribution >= 4 is 5.91 Å². The van der Waals surface area contributed by atoms with Gasteiger partial charge in [0.2, 0.25) is 5.91 Å². The Morgan fingerprint density at radius 2 is 2.25 bits per heavy atom. The van der Waals surface area contributed by atoms with E-state index in [-0.39, 0.29) is 23.5 Å². The van der Waals surface area contributed by atoms with Crippen molar-refractivity contribution in [2.75, 3.05) is 0 Å². The van der Waals surface area contributed by atoms with E-state index in [1.165, 1.54) is 0 Å². The number of carbonyl (C=O) groups excluding carboxylic acids is 1. The molecule has 3 atom stereocenters. The molecule has 1 rings (SSSR count). The van der Waals surface area contributed by atoms with E-state index in [2.05, 4.69) is 12.2 Å². The highest BCUT2D eigenvalue weighted by atomic mass is 16.3. The Balaban J connectivity index is 2.35. The smallest absolute Gasteiger partial charge is 0.237 e.